The third kappa shape index (κ3) is 4.17. The van der Waals surface area contributed by atoms with Crippen molar-refractivity contribution in [2.75, 3.05) is 44.7 Å². The topological polar surface area (TPSA) is 55.5 Å². The molecule has 6 heteroatoms. The molecular weight excluding hydrogens is 386 g/mol. The van der Waals surface area contributed by atoms with Gasteiger partial charge in [0.25, 0.3) is 0 Å². The Kier molecular flexibility index (Phi) is 5.64. The summed E-state index contributed by atoms with van der Waals surface area (Å²) < 4.78 is 0. The van der Waals surface area contributed by atoms with Gasteiger partial charge < -0.3 is 14.8 Å². The maximum absolute atomic E-state index is 13.2. The van der Waals surface area contributed by atoms with Crippen molar-refractivity contribution in [3.8, 4) is 0 Å². The van der Waals surface area contributed by atoms with Crippen LogP contribution in [-0.4, -0.2) is 65.4 Å². The largest absolute Gasteiger partial charge is 0.341 e. The summed E-state index contributed by atoms with van der Waals surface area (Å²) in [5.41, 5.74) is 4.80. The third-order valence-corrected chi connectivity index (χ3v) is 6.82. The van der Waals surface area contributed by atoms with E-state index in [0.717, 1.165) is 68.8 Å². The number of para-hydroxylation sites is 2. The Morgan fingerprint density at radius 3 is 2.81 bits per heavy atom. The number of H-pyrrole nitrogens is 1. The van der Waals surface area contributed by atoms with Gasteiger partial charge in [0.1, 0.15) is 0 Å². The predicted octanol–water partition coefficient (Wildman–Crippen LogP) is 3.61. The Morgan fingerprint density at radius 1 is 1.06 bits per heavy atom. The molecule has 1 aromatic heterocycles. The molecule has 1 N–H and O–H groups in total. The number of imidazole rings is 1. The first-order chi connectivity index (χ1) is 15.2. The van der Waals surface area contributed by atoms with Crippen LogP contribution in [0.1, 0.15) is 36.4 Å². The first-order valence-electron chi connectivity index (χ1n) is 11.4. The number of rotatable bonds is 4. The van der Waals surface area contributed by atoms with Crippen LogP contribution in [0.15, 0.2) is 48.5 Å². The monoisotopic (exact) mass is 417 g/mol. The zero-order valence-corrected chi connectivity index (χ0v) is 18.3. The number of anilines is 1. The van der Waals surface area contributed by atoms with E-state index in [1.807, 2.05) is 30.1 Å². The first-order valence-corrected chi connectivity index (χ1v) is 11.4. The smallest absolute Gasteiger partial charge is 0.237 e. The second-order valence-corrected chi connectivity index (χ2v) is 8.81. The molecule has 0 saturated carbocycles. The number of nitrogens with one attached hydrogen (secondary N) is 1. The normalized spacial score (nSPS) is 19.8. The van der Waals surface area contributed by atoms with Crippen molar-refractivity contribution in [3.63, 3.8) is 0 Å². The van der Waals surface area contributed by atoms with Gasteiger partial charge in [-0.15, -0.1) is 0 Å². The number of amides is 1. The summed E-state index contributed by atoms with van der Waals surface area (Å²) in [5.74, 6) is 1.16. The summed E-state index contributed by atoms with van der Waals surface area (Å²) in [6.45, 7) is 4.14. The van der Waals surface area contributed by atoms with Crippen LogP contribution in [0, 0.1) is 0 Å². The Bertz CT molecular complexity index is 1030. The first kappa shape index (κ1) is 20.1. The quantitative estimate of drug-likeness (QED) is 0.705. The Balaban J connectivity index is 1.21. The van der Waals surface area contributed by atoms with Gasteiger partial charge in [-0.1, -0.05) is 36.4 Å². The molecule has 0 spiro atoms. The van der Waals surface area contributed by atoms with Crippen LogP contribution in [-0.2, 0) is 11.2 Å². The minimum absolute atomic E-state index is 0.205. The molecule has 1 saturated heterocycles. The molecule has 6 nitrogen and oxygen atoms in total. The van der Waals surface area contributed by atoms with Crippen LogP contribution < -0.4 is 4.90 Å². The number of hydrogen-bond acceptors (Lipinski definition) is 4. The van der Waals surface area contributed by atoms with Crippen LogP contribution >= 0.6 is 0 Å². The lowest BCUT2D eigenvalue weighted by Crippen LogP contribution is -2.42. The molecule has 1 aliphatic carbocycles. The van der Waals surface area contributed by atoms with Gasteiger partial charge in [-0.2, -0.15) is 0 Å². The highest BCUT2D eigenvalue weighted by atomic mass is 16.2. The number of aromatic amines is 1. The molecule has 2 aliphatic rings. The maximum atomic E-state index is 13.2. The fourth-order valence-electron chi connectivity index (χ4n) is 5.04. The van der Waals surface area contributed by atoms with Crippen LogP contribution in [0.3, 0.4) is 0 Å². The molecule has 1 aliphatic heterocycles. The molecule has 1 unspecified atom stereocenters. The van der Waals surface area contributed by atoms with Crippen LogP contribution in [0.2, 0.25) is 0 Å². The summed E-state index contributed by atoms with van der Waals surface area (Å²) in [6, 6.07) is 17.0. The Hall–Kier alpha value is -2.86. The highest BCUT2D eigenvalue weighted by molar-refractivity contribution is 5.79. The van der Waals surface area contributed by atoms with Crippen molar-refractivity contribution >= 4 is 22.9 Å². The second-order valence-electron chi connectivity index (χ2n) is 8.81. The zero-order chi connectivity index (χ0) is 21.2. The minimum atomic E-state index is 0.205. The SMILES string of the molecule is CN(C(=O)CN1CCCN(c2nc3ccccc3[nH]2)CC1)C1CCCc2ccccc21. The lowest BCUT2D eigenvalue weighted by atomic mass is 9.87. The van der Waals surface area contributed by atoms with Gasteiger partial charge in [-0.05, 0) is 48.9 Å². The van der Waals surface area contributed by atoms with Gasteiger partial charge in [0.2, 0.25) is 11.9 Å². The highest BCUT2D eigenvalue weighted by Crippen LogP contribution is 2.33. The molecular formula is C25H31N5O. The van der Waals surface area contributed by atoms with Crippen molar-refractivity contribution in [1.29, 1.82) is 0 Å². The average molecular weight is 418 g/mol. The lowest BCUT2D eigenvalue weighted by molar-refractivity contribution is -0.133. The van der Waals surface area contributed by atoms with Gasteiger partial charge in [0, 0.05) is 33.2 Å². The van der Waals surface area contributed by atoms with Gasteiger partial charge in [-0.25, -0.2) is 4.98 Å². The number of aromatic nitrogens is 2. The Labute approximate surface area is 183 Å². The standard InChI is InChI=1S/C25H31N5O/c1-28(23-13-6-9-19-8-2-3-10-20(19)23)24(31)18-29-14-7-15-30(17-16-29)25-26-21-11-4-5-12-22(21)27-25/h2-5,8,10-12,23H,6-7,9,13-18H2,1H3,(H,26,27). The van der Waals surface area contributed by atoms with E-state index in [9.17, 15) is 4.79 Å². The van der Waals surface area contributed by atoms with Gasteiger partial charge in [-0.3, -0.25) is 9.69 Å². The van der Waals surface area contributed by atoms with E-state index in [1.54, 1.807) is 0 Å². The number of hydrogen-bond donors (Lipinski definition) is 1. The van der Waals surface area contributed by atoms with Crippen molar-refractivity contribution in [2.45, 2.75) is 31.7 Å². The molecule has 1 atom stereocenters. The fourth-order valence-corrected chi connectivity index (χ4v) is 5.04. The minimum Gasteiger partial charge on any atom is -0.341 e. The van der Waals surface area contributed by atoms with E-state index in [-0.39, 0.29) is 11.9 Å². The molecule has 31 heavy (non-hydrogen) atoms. The van der Waals surface area contributed by atoms with Gasteiger partial charge in [0.15, 0.2) is 0 Å². The molecule has 162 valence electrons. The number of likely N-dealkylation sites (N-methyl/N-ethyl adjacent to an activating group) is 1. The van der Waals surface area contributed by atoms with Crippen molar-refractivity contribution in [1.82, 2.24) is 19.8 Å². The average Bonchev–Trinajstić information content (AvgIpc) is 3.10. The molecule has 1 fully saturated rings. The summed E-state index contributed by atoms with van der Waals surface area (Å²) in [5, 5.41) is 0. The number of aryl methyl sites for hydroxylation is 1. The van der Waals surface area contributed by atoms with Crippen LogP contribution in [0.5, 0.6) is 0 Å². The van der Waals surface area contributed by atoms with Gasteiger partial charge >= 0.3 is 0 Å². The number of fused-ring (bicyclic) bond motifs is 2. The van der Waals surface area contributed by atoms with E-state index >= 15 is 0 Å². The zero-order valence-electron chi connectivity index (χ0n) is 18.3. The van der Waals surface area contributed by atoms with Crippen molar-refractivity contribution < 1.29 is 4.79 Å². The third-order valence-electron chi connectivity index (χ3n) is 6.82. The van der Waals surface area contributed by atoms with E-state index in [2.05, 4.69) is 45.1 Å². The van der Waals surface area contributed by atoms with E-state index in [0.29, 0.717) is 6.54 Å². The van der Waals surface area contributed by atoms with E-state index in [4.69, 9.17) is 4.98 Å². The number of carbonyl (C=O) groups excluding carboxylic acids is 1. The lowest BCUT2D eigenvalue weighted by Gasteiger charge is -2.34. The van der Waals surface area contributed by atoms with E-state index < -0.39 is 0 Å². The van der Waals surface area contributed by atoms with Gasteiger partial charge in [0.05, 0.1) is 23.6 Å². The van der Waals surface area contributed by atoms with Crippen LogP contribution in [0.4, 0.5) is 5.95 Å². The van der Waals surface area contributed by atoms with Crippen molar-refractivity contribution in [2.24, 2.45) is 0 Å². The molecule has 1 amide bonds. The second kappa shape index (κ2) is 8.71. The molecule has 0 bridgehead atoms. The summed E-state index contributed by atoms with van der Waals surface area (Å²) in [6.07, 6.45) is 4.35. The Morgan fingerprint density at radius 2 is 1.90 bits per heavy atom. The molecule has 0 radical (unpaired) electrons. The predicted molar refractivity (Wildman–Crippen MR) is 124 cm³/mol. The van der Waals surface area contributed by atoms with E-state index in [1.165, 1.54) is 11.1 Å². The molecule has 2 aromatic carbocycles. The maximum Gasteiger partial charge on any atom is 0.237 e. The fraction of sp³-hybridized carbons (Fsp3) is 0.440. The van der Waals surface area contributed by atoms with Crippen LogP contribution in [0.25, 0.3) is 11.0 Å². The number of benzene rings is 2. The summed E-state index contributed by atoms with van der Waals surface area (Å²) in [4.78, 5) is 27.9. The van der Waals surface area contributed by atoms with Crippen molar-refractivity contribution in [3.05, 3.63) is 59.7 Å². The molecule has 2 heterocycles. The molecule has 3 aromatic rings. The number of nitrogens with zero attached hydrogens (tertiary/aromatic N) is 4. The summed E-state index contributed by atoms with van der Waals surface area (Å²) in [7, 11) is 1.98. The summed E-state index contributed by atoms with van der Waals surface area (Å²) >= 11 is 0. The highest BCUT2D eigenvalue weighted by Gasteiger charge is 2.28. The molecule has 5 rings (SSSR count). The number of carbonyl (C=O) groups is 1.